The molecule has 1 amide bonds. The number of nitro benzene ring substituents is 1. The summed E-state index contributed by atoms with van der Waals surface area (Å²) in [5.41, 5.74) is 0.826. The zero-order valence-corrected chi connectivity index (χ0v) is 19.1. The van der Waals surface area contributed by atoms with Gasteiger partial charge in [-0.05, 0) is 30.3 Å². The lowest BCUT2D eigenvalue weighted by atomic mass is 10.2. The zero-order valence-electron chi connectivity index (χ0n) is 17.4. The number of esters is 1. The van der Waals surface area contributed by atoms with Crippen molar-refractivity contribution >= 4 is 49.6 Å². The minimum absolute atomic E-state index is 0.00820. The van der Waals surface area contributed by atoms with Crippen LogP contribution in [0.15, 0.2) is 63.8 Å². The highest BCUT2D eigenvalue weighted by molar-refractivity contribution is 7.93. The second kappa shape index (κ2) is 9.75. The van der Waals surface area contributed by atoms with E-state index in [2.05, 4.69) is 10.3 Å². The number of non-ortho nitro benzene ring substituents is 1. The van der Waals surface area contributed by atoms with E-state index in [9.17, 15) is 28.1 Å². The SMILES string of the molecule is CN(C)c1cccc(C(=O)OCC(=O)Nc2ncc(S(=O)(=O)c3ccc([N+](=O)[O-])cc3)s2)c1. The molecule has 0 aliphatic carbocycles. The summed E-state index contributed by atoms with van der Waals surface area (Å²) in [4.78, 5) is 39.9. The molecule has 13 heteroatoms. The Morgan fingerprint density at radius 2 is 1.88 bits per heavy atom. The molecule has 0 bridgehead atoms. The Kier molecular flexibility index (Phi) is 7.04. The predicted molar refractivity (Wildman–Crippen MR) is 120 cm³/mol. The molecule has 0 radical (unpaired) electrons. The molecular weight excluding hydrogens is 472 g/mol. The fourth-order valence-electron chi connectivity index (χ4n) is 2.59. The summed E-state index contributed by atoms with van der Waals surface area (Å²) < 4.78 is 30.2. The average molecular weight is 491 g/mol. The summed E-state index contributed by atoms with van der Waals surface area (Å²) in [6.45, 7) is -0.588. The Hall–Kier alpha value is -3.84. The molecule has 3 rings (SSSR count). The molecule has 0 aliphatic heterocycles. The van der Waals surface area contributed by atoms with E-state index in [-0.39, 0.29) is 25.5 Å². The first-order chi connectivity index (χ1) is 15.6. The minimum atomic E-state index is -3.98. The first kappa shape index (κ1) is 23.8. The molecule has 11 nitrogen and oxygen atoms in total. The van der Waals surface area contributed by atoms with E-state index in [0.717, 1.165) is 36.1 Å². The molecule has 0 unspecified atom stereocenters. The summed E-state index contributed by atoms with van der Waals surface area (Å²) in [5, 5.41) is 13.1. The van der Waals surface area contributed by atoms with Gasteiger partial charge in [0, 0.05) is 31.9 Å². The number of anilines is 2. The van der Waals surface area contributed by atoms with Crippen LogP contribution in [-0.4, -0.2) is 50.9 Å². The Morgan fingerprint density at radius 3 is 2.52 bits per heavy atom. The minimum Gasteiger partial charge on any atom is -0.452 e. The standard InChI is InChI=1S/C20H18N4O7S2/c1-23(2)15-5-3-4-13(10-15)19(26)31-12-17(25)22-20-21-11-18(32-20)33(29,30)16-8-6-14(7-9-16)24(27)28/h3-11H,12H2,1-2H3,(H,21,22,25). The number of sulfone groups is 1. The van der Waals surface area contributed by atoms with Crippen molar-refractivity contribution in [2.24, 2.45) is 0 Å². The maximum atomic E-state index is 12.7. The topological polar surface area (TPSA) is 149 Å². The fourth-order valence-corrected chi connectivity index (χ4v) is 5.03. The van der Waals surface area contributed by atoms with Crippen LogP contribution >= 0.6 is 11.3 Å². The number of carbonyl (C=O) groups excluding carboxylic acids is 2. The molecule has 0 aliphatic rings. The number of hydrogen-bond acceptors (Lipinski definition) is 10. The molecule has 172 valence electrons. The van der Waals surface area contributed by atoms with Crippen LogP contribution in [0.3, 0.4) is 0 Å². The van der Waals surface area contributed by atoms with Gasteiger partial charge in [0.25, 0.3) is 11.6 Å². The second-order valence-corrected chi connectivity index (χ2v) is 10.0. The van der Waals surface area contributed by atoms with Gasteiger partial charge in [-0.2, -0.15) is 0 Å². The average Bonchev–Trinajstić information content (AvgIpc) is 3.26. The predicted octanol–water partition coefficient (Wildman–Crippen LogP) is 2.75. The van der Waals surface area contributed by atoms with Crippen LogP contribution in [0.2, 0.25) is 0 Å². The van der Waals surface area contributed by atoms with Gasteiger partial charge in [0.05, 0.1) is 21.6 Å². The van der Waals surface area contributed by atoms with Crippen LogP contribution in [0.1, 0.15) is 10.4 Å². The lowest BCUT2D eigenvalue weighted by Crippen LogP contribution is -2.21. The molecule has 0 atom stereocenters. The molecule has 1 N–H and O–H groups in total. The van der Waals surface area contributed by atoms with Gasteiger partial charge in [-0.15, -0.1) is 0 Å². The van der Waals surface area contributed by atoms with E-state index in [1.54, 1.807) is 18.2 Å². The summed E-state index contributed by atoms with van der Waals surface area (Å²) in [7, 11) is -0.334. The van der Waals surface area contributed by atoms with Crippen molar-refractivity contribution < 1.29 is 27.7 Å². The number of ether oxygens (including phenoxy) is 1. The summed E-state index contributed by atoms with van der Waals surface area (Å²) in [6.07, 6.45) is 1.07. The van der Waals surface area contributed by atoms with Crippen LogP contribution < -0.4 is 10.2 Å². The fraction of sp³-hybridized carbons (Fsp3) is 0.150. The first-order valence-corrected chi connectivity index (χ1v) is 11.6. The normalized spacial score (nSPS) is 11.0. The number of benzene rings is 2. The third-order valence-corrected chi connectivity index (χ3v) is 7.43. The van der Waals surface area contributed by atoms with Crippen molar-refractivity contribution in [1.29, 1.82) is 0 Å². The van der Waals surface area contributed by atoms with Gasteiger partial charge in [-0.1, -0.05) is 17.4 Å². The summed E-state index contributed by atoms with van der Waals surface area (Å²) in [6, 6.07) is 11.1. The Bertz CT molecular complexity index is 1300. The number of nitrogens with zero attached hydrogens (tertiary/aromatic N) is 3. The number of nitro groups is 1. The van der Waals surface area contributed by atoms with Gasteiger partial charge in [-0.3, -0.25) is 20.2 Å². The van der Waals surface area contributed by atoms with Crippen molar-refractivity contribution in [2.75, 3.05) is 30.9 Å². The van der Waals surface area contributed by atoms with Gasteiger partial charge in [-0.25, -0.2) is 18.2 Å². The number of thiazole rings is 1. The molecule has 0 saturated carbocycles. The third-order valence-electron chi connectivity index (χ3n) is 4.29. The molecule has 1 heterocycles. The molecular formula is C20H18N4O7S2. The number of carbonyl (C=O) groups is 2. The molecule has 2 aromatic carbocycles. The summed E-state index contributed by atoms with van der Waals surface area (Å²) in [5.74, 6) is -1.38. The highest BCUT2D eigenvalue weighted by Crippen LogP contribution is 2.29. The highest BCUT2D eigenvalue weighted by atomic mass is 32.2. The monoisotopic (exact) mass is 490 g/mol. The van der Waals surface area contributed by atoms with E-state index in [0.29, 0.717) is 11.3 Å². The maximum Gasteiger partial charge on any atom is 0.338 e. The second-order valence-electron chi connectivity index (χ2n) is 6.81. The number of nitrogens with one attached hydrogen (secondary N) is 1. The van der Waals surface area contributed by atoms with E-state index in [4.69, 9.17) is 4.74 Å². The molecule has 0 fully saturated rings. The molecule has 1 aromatic heterocycles. The van der Waals surface area contributed by atoms with Crippen molar-refractivity contribution in [1.82, 2.24) is 4.98 Å². The molecule has 0 spiro atoms. The molecule has 33 heavy (non-hydrogen) atoms. The number of aromatic nitrogens is 1. The molecule has 3 aromatic rings. The lowest BCUT2D eigenvalue weighted by Gasteiger charge is -2.13. The quantitative estimate of drug-likeness (QED) is 0.286. The Labute approximate surface area is 192 Å². The van der Waals surface area contributed by atoms with Crippen LogP contribution in [0.4, 0.5) is 16.5 Å². The Balaban J connectivity index is 1.62. The maximum absolute atomic E-state index is 12.7. The summed E-state index contributed by atoms with van der Waals surface area (Å²) >= 11 is 0.698. The van der Waals surface area contributed by atoms with Gasteiger partial charge in [0.1, 0.15) is 4.21 Å². The van der Waals surface area contributed by atoms with Crippen molar-refractivity contribution in [3.63, 3.8) is 0 Å². The van der Waals surface area contributed by atoms with Crippen molar-refractivity contribution in [2.45, 2.75) is 9.10 Å². The van der Waals surface area contributed by atoms with Crippen LogP contribution in [0, 0.1) is 10.1 Å². The van der Waals surface area contributed by atoms with Crippen molar-refractivity contribution in [3.05, 3.63) is 70.4 Å². The third kappa shape index (κ3) is 5.70. The van der Waals surface area contributed by atoms with Gasteiger partial charge in [0.15, 0.2) is 11.7 Å². The first-order valence-electron chi connectivity index (χ1n) is 9.27. The number of amides is 1. The Morgan fingerprint density at radius 1 is 1.18 bits per heavy atom. The lowest BCUT2D eigenvalue weighted by molar-refractivity contribution is -0.384. The molecule has 0 saturated heterocycles. The van der Waals surface area contributed by atoms with Crippen molar-refractivity contribution in [3.8, 4) is 0 Å². The van der Waals surface area contributed by atoms with E-state index in [1.807, 2.05) is 25.1 Å². The van der Waals surface area contributed by atoms with E-state index < -0.39 is 33.2 Å². The largest absolute Gasteiger partial charge is 0.452 e. The van der Waals surface area contributed by atoms with Crippen LogP contribution in [0.25, 0.3) is 0 Å². The smallest absolute Gasteiger partial charge is 0.338 e. The van der Waals surface area contributed by atoms with E-state index >= 15 is 0 Å². The number of rotatable bonds is 8. The van der Waals surface area contributed by atoms with Crippen LogP contribution in [-0.2, 0) is 19.4 Å². The van der Waals surface area contributed by atoms with Gasteiger partial charge in [0.2, 0.25) is 9.84 Å². The zero-order chi connectivity index (χ0) is 24.2. The van der Waals surface area contributed by atoms with E-state index in [1.165, 1.54) is 0 Å². The van der Waals surface area contributed by atoms with Crippen LogP contribution in [0.5, 0.6) is 0 Å². The number of hydrogen-bond donors (Lipinski definition) is 1. The highest BCUT2D eigenvalue weighted by Gasteiger charge is 2.22. The van der Waals surface area contributed by atoms with Gasteiger partial charge < -0.3 is 9.64 Å². The van der Waals surface area contributed by atoms with Gasteiger partial charge >= 0.3 is 5.97 Å².